The molecule has 3 heterocycles. The highest BCUT2D eigenvalue weighted by atomic mass is 16.2. The second kappa shape index (κ2) is 11.5. The molecule has 4 rings (SSSR count). The third kappa shape index (κ3) is 6.59. The molecule has 1 saturated heterocycles. The van der Waals surface area contributed by atoms with Gasteiger partial charge in [-0.3, -0.25) is 4.79 Å². The van der Waals surface area contributed by atoms with Crippen molar-refractivity contribution < 1.29 is 9.59 Å². The van der Waals surface area contributed by atoms with Crippen molar-refractivity contribution in [1.82, 2.24) is 24.8 Å². The highest BCUT2D eigenvalue weighted by Gasteiger charge is 2.21. The highest BCUT2D eigenvalue weighted by Crippen LogP contribution is 2.17. The Hall–Kier alpha value is -3.88. The number of amides is 3. The van der Waals surface area contributed by atoms with Crippen LogP contribution in [-0.2, 0) is 11.3 Å². The molecule has 0 atom stereocenters. The molecule has 0 saturated carbocycles. The molecule has 1 aromatic carbocycles. The molecule has 3 amide bonds. The Balaban J connectivity index is 1.19. The van der Waals surface area contributed by atoms with Crippen LogP contribution in [-0.4, -0.2) is 64.1 Å². The van der Waals surface area contributed by atoms with Gasteiger partial charge >= 0.3 is 6.03 Å². The number of aromatic nitrogens is 3. The largest absolute Gasteiger partial charge is 0.353 e. The number of benzene rings is 1. The smallest absolute Gasteiger partial charge is 0.319 e. The molecule has 1 aliphatic rings. The number of hydrogen-bond acceptors (Lipinski definition) is 5. The van der Waals surface area contributed by atoms with Gasteiger partial charge in [0.05, 0.1) is 0 Å². The SMILES string of the molecule is CC(C)c1nccn1Cc1cccc(NC(=O)NCCC(=O)N2CCN(c3ccccn3)CC2)c1. The van der Waals surface area contributed by atoms with Crippen molar-refractivity contribution in [1.29, 1.82) is 0 Å². The van der Waals surface area contributed by atoms with Crippen molar-refractivity contribution in [2.45, 2.75) is 32.7 Å². The van der Waals surface area contributed by atoms with Crippen LogP contribution >= 0.6 is 0 Å². The molecule has 3 aromatic rings. The van der Waals surface area contributed by atoms with E-state index in [0.29, 0.717) is 31.2 Å². The number of nitrogens with one attached hydrogen (secondary N) is 2. The Labute approximate surface area is 206 Å². The molecule has 0 bridgehead atoms. The Bertz CT molecular complexity index is 1120. The van der Waals surface area contributed by atoms with E-state index in [2.05, 4.69) is 43.9 Å². The van der Waals surface area contributed by atoms with Gasteiger partial charge in [-0.1, -0.05) is 32.0 Å². The topological polar surface area (TPSA) is 95.4 Å². The lowest BCUT2D eigenvalue weighted by Gasteiger charge is -2.35. The van der Waals surface area contributed by atoms with Crippen LogP contribution in [0.15, 0.2) is 61.1 Å². The first-order chi connectivity index (χ1) is 17.0. The van der Waals surface area contributed by atoms with Crippen molar-refractivity contribution in [3.63, 3.8) is 0 Å². The first-order valence-corrected chi connectivity index (χ1v) is 12.1. The van der Waals surface area contributed by atoms with Crippen LogP contribution in [0, 0.1) is 0 Å². The van der Waals surface area contributed by atoms with Crippen LogP contribution in [0.2, 0.25) is 0 Å². The number of imidazole rings is 1. The van der Waals surface area contributed by atoms with Gasteiger partial charge < -0.3 is 25.0 Å². The van der Waals surface area contributed by atoms with Crippen molar-refractivity contribution >= 4 is 23.4 Å². The van der Waals surface area contributed by atoms with Gasteiger partial charge in [-0.25, -0.2) is 14.8 Å². The van der Waals surface area contributed by atoms with Crippen LogP contribution in [0.25, 0.3) is 0 Å². The molecule has 2 aromatic heterocycles. The number of hydrogen-bond donors (Lipinski definition) is 2. The summed E-state index contributed by atoms with van der Waals surface area (Å²) >= 11 is 0. The maximum atomic E-state index is 12.6. The lowest BCUT2D eigenvalue weighted by molar-refractivity contribution is -0.131. The summed E-state index contributed by atoms with van der Waals surface area (Å²) in [5.74, 6) is 2.36. The molecule has 9 nitrogen and oxygen atoms in total. The monoisotopic (exact) mass is 475 g/mol. The predicted octanol–water partition coefficient (Wildman–Crippen LogP) is 3.31. The lowest BCUT2D eigenvalue weighted by atomic mass is 10.1. The average molecular weight is 476 g/mol. The third-order valence-corrected chi connectivity index (χ3v) is 6.03. The van der Waals surface area contributed by atoms with Crippen LogP contribution in [0.5, 0.6) is 0 Å². The standard InChI is InChI=1S/C26H33N7O2/c1-20(2)25-28-12-13-33(25)19-21-6-5-7-22(18-21)30-26(35)29-11-9-24(34)32-16-14-31(15-17-32)23-8-3-4-10-27-23/h3-8,10,12-13,18,20H,9,11,14-17,19H2,1-2H3,(H2,29,30,35). The zero-order valence-electron chi connectivity index (χ0n) is 20.4. The second-order valence-corrected chi connectivity index (χ2v) is 8.96. The van der Waals surface area contributed by atoms with E-state index in [1.54, 1.807) is 6.20 Å². The molecule has 184 valence electrons. The molecule has 0 aliphatic carbocycles. The van der Waals surface area contributed by atoms with Gasteiger partial charge in [0.1, 0.15) is 11.6 Å². The first-order valence-electron chi connectivity index (χ1n) is 12.1. The molecular formula is C26H33N7O2. The molecule has 0 radical (unpaired) electrons. The Morgan fingerprint density at radius 1 is 1.00 bits per heavy atom. The minimum absolute atomic E-state index is 0.0502. The zero-order valence-corrected chi connectivity index (χ0v) is 20.4. The lowest BCUT2D eigenvalue weighted by Crippen LogP contribution is -2.49. The molecule has 35 heavy (non-hydrogen) atoms. The number of pyridine rings is 1. The van der Waals surface area contributed by atoms with Gasteiger partial charge in [0.25, 0.3) is 0 Å². The number of urea groups is 1. The summed E-state index contributed by atoms with van der Waals surface area (Å²) < 4.78 is 2.12. The number of nitrogens with zero attached hydrogens (tertiary/aromatic N) is 5. The number of carbonyl (C=O) groups excluding carboxylic acids is 2. The summed E-state index contributed by atoms with van der Waals surface area (Å²) in [5.41, 5.74) is 1.78. The number of rotatable bonds is 8. The average Bonchev–Trinajstić information content (AvgIpc) is 3.33. The highest BCUT2D eigenvalue weighted by molar-refractivity contribution is 5.89. The van der Waals surface area contributed by atoms with Gasteiger partial charge in [-0.15, -0.1) is 0 Å². The number of carbonyl (C=O) groups is 2. The first kappa shape index (κ1) is 24.3. The molecule has 1 fully saturated rings. The fraction of sp³-hybridized carbons (Fsp3) is 0.385. The molecule has 1 aliphatic heterocycles. The number of anilines is 2. The van der Waals surface area contributed by atoms with Gasteiger partial charge in [-0.2, -0.15) is 0 Å². The van der Waals surface area contributed by atoms with Gasteiger partial charge in [0.2, 0.25) is 5.91 Å². The minimum Gasteiger partial charge on any atom is -0.353 e. The third-order valence-electron chi connectivity index (χ3n) is 6.03. The Kier molecular flexibility index (Phi) is 7.97. The van der Waals surface area contributed by atoms with Crippen molar-refractivity contribution in [3.05, 3.63) is 72.4 Å². The van der Waals surface area contributed by atoms with E-state index in [1.807, 2.05) is 59.8 Å². The number of piperazine rings is 1. The molecule has 9 heteroatoms. The van der Waals surface area contributed by atoms with E-state index in [9.17, 15) is 9.59 Å². The van der Waals surface area contributed by atoms with Crippen molar-refractivity contribution in [3.8, 4) is 0 Å². The van der Waals surface area contributed by atoms with Crippen molar-refractivity contribution in [2.24, 2.45) is 0 Å². The van der Waals surface area contributed by atoms with Crippen molar-refractivity contribution in [2.75, 3.05) is 42.9 Å². The molecule has 0 unspecified atom stereocenters. The van der Waals surface area contributed by atoms with E-state index in [0.717, 1.165) is 30.3 Å². The van der Waals surface area contributed by atoms with Gasteiger partial charge in [0.15, 0.2) is 0 Å². The van der Waals surface area contributed by atoms with E-state index in [4.69, 9.17) is 0 Å². The second-order valence-electron chi connectivity index (χ2n) is 8.96. The fourth-order valence-electron chi connectivity index (χ4n) is 4.24. The Morgan fingerprint density at radius 2 is 1.83 bits per heavy atom. The molecule has 0 spiro atoms. The van der Waals surface area contributed by atoms with Crippen LogP contribution in [0.1, 0.15) is 37.6 Å². The summed E-state index contributed by atoms with van der Waals surface area (Å²) in [6.45, 7) is 8.04. The fourth-order valence-corrected chi connectivity index (χ4v) is 4.24. The van der Waals surface area contributed by atoms with E-state index in [1.165, 1.54) is 0 Å². The maximum Gasteiger partial charge on any atom is 0.319 e. The van der Waals surface area contributed by atoms with E-state index < -0.39 is 0 Å². The van der Waals surface area contributed by atoms with E-state index in [-0.39, 0.29) is 24.9 Å². The van der Waals surface area contributed by atoms with E-state index >= 15 is 0 Å². The summed E-state index contributed by atoms with van der Waals surface area (Å²) in [5, 5.41) is 5.65. The summed E-state index contributed by atoms with van der Waals surface area (Å²) in [6, 6.07) is 13.3. The summed E-state index contributed by atoms with van der Waals surface area (Å²) in [7, 11) is 0. The normalized spacial score (nSPS) is 13.7. The summed E-state index contributed by atoms with van der Waals surface area (Å²) in [6.07, 6.45) is 5.84. The van der Waals surface area contributed by atoms with Gasteiger partial charge in [0, 0.05) is 75.9 Å². The molecular weight excluding hydrogens is 442 g/mol. The van der Waals surface area contributed by atoms with Gasteiger partial charge in [-0.05, 0) is 29.8 Å². The van der Waals surface area contributed by atoms with Crippen LogP contribution in [0.3, 0.4) is 0 Å². The summed E-state index contributed by atoms with van der Waals surface area (Å²) in [4.78, 5) is 37.8. The maximum absolute atomic E-state index is 12.6. The van der Waals surface area contributed by atoms with Crippen LogP contribution < -0.4 is 15.5 Å². The van der Waals surface area contributed by atoms with Crippen LogP contribution in [0.4, 0.5) is 16.3 Å². The quantitative estimate of drug-likeness (QED) is 0.521. The zero-order chi connectivity index (χ0) is 24.6. The molecule has 2 N–H and O–H groups in total. The predicted molar refractivity (Wildman–Crippen MR) is 137 cm³/mol. The minimum atomic E-state index is -0.319. The Morgan fingerprint density at radius 3 is 2.57 bits per heavy atom.